The summed E-state index contributed by atoms with van der Waals surface area (Å²) in [5.41, 5.74) is 4.48. The minimum absolute atomic E-state index is 0.00229. The Bertz CT molecular complexity index is 1620. The summed E-state index contributed by atoms with van der Waals surface area (Å²) >= 11 is 12.7. The number of anilines is 1. The van der Waals surface area contributed by atoms with Crippen molar-refractivity contribution in [3.05, 3.63) is 92.2 Å². The number of fused-ring (bicyclic) bond motifs is 1. The molecule has 8 nitrogen and oxygen atoms in total. The summed E-state index contributed by atoms with van der Waals surface area (Å²) in [4.78, 5) is 27.3. The van der Waals surface area contributed by atoms with Crippen molar-refractivity contribution in [2.45, 2.75) is 84.1 Å². The molecule has 3 aromatic rings. The lowest BCUT2D eigenvalue weighted by Crippen LogP contribution is -2.40. The van der Waals surface area contributed by atoms with Crippen LogP contribution in [0.1, 0.15) is 98.2 Å². The van der Waals surface area contributed by atoms with E-state index in [4.69, 9.17) is 34.1 Å². The van der Waals surface area contributed by atoms with Gasteiger partial charge in [-0.3, -0.25) is 14.5 Å². The van der Waals surface area contributed by atoms with E-state index in [2.05, 4.69) is 5.32 Å². The molecular weight excluding hydrogens is 601 g/mol. The molecule has 0 bridgehead atoms. The first-order valence-corrected chi connectivity index (χ1v) is 15.6. The number of halogens is 3. The van der Waals surface area contributed by atoms with Gasteiger partial charge in [-0.25, -0.2) is 10.2 Å². The summed E-state index contributed by atoms with van der Waals surface area (Å²) in [6.45, 7) is 9.31. The highest BCUT2D eigenvalue weighted by molar-refractivity contribution is 6.37. The van der Waals surface area contributed by atoms with Crippen LogP contribution < -0.4 is 16.1 Å². The van der Waals surface area contributed by atoms with Gasteiger partial charge in [-0.2, -0.15) is 5.10 Å². The van der Waals surface area contributed by atoms with Crippen molar-refractivity contribution in [1.29, 1.82) is 0 Å². The number of benzene rings is 2. The topological polar surface area (TPSA) is 96.5 Å². The van der Waals surface area contributed by atoms with Gasteiger partial charge in [0.1, 0.15) is 5.69 Å². The number of carbonyl (C=O) groups is 2. The maximum atomic E-state index is 15.6. The Labute approximate surface area is 268 Å². The molecule has 2 amide bonds. The van der Waals surface area contributed by atoms with Crippen molar-refractivity contribution in [2.24, 2.45) is 5.84 Å². The van der Waals surface area contributed by atoms with Crippen molar-refractivity contribution in [1.82, 2.24) is 20.0 Å². The fourth-order valence-corrected chi connectivity index (χ4v) is 6.71. The van der Waals surface area contributed by atoms with Crippen LogP contribution in [0.25, 0.3) is 0 Å². The van der Waals surface area contributed by atoms with E-state index in [0.29, 0.717) is 16.4 Å². The predicted octanol–water partition coefficient (Wildman–Crippen LogP) is 6.88. The third-order valence-corrected chi connectivity index (χ3v) is 8.96. The van der Waals surface area contributed by atoms with Gasteiger partial charge in [0.15, 0.2) is 5.82 Å². The van der Waals surface area contributed by atoms with Crippen LogP contribution in [0.2, 0.25) is 15.9 Å². The standard InChI is InChI=1S/C32H37BCl2FN6O2/c1-17(2)29-27-30(24-15-22(34)12-9-18(24)3)41(26-8-6-7-25(35)28(26)36)32(44)31(27)42(39-29)33-21-10-13-23(14-11-21)40(37)16-19(4)38-20(5)43/h6-9,12,15-17,21,23,30H,10-11,13-14,37H2,1-5H3,(H,38,43)/b19-16+/t21?,23?,30-/m0/s1. The minimum Gasteiger partial charge on any atom is -0.329 e. The molecule has 0 unspecified atom stereocenters. The molecule has 0 saturated heterocycles. The Morgan fingerprint density at radius 3 is 2.55 bits per heavy atom. The second-order valence-corrected chi connectivity index (χ2v) is 12.9. The molecule has 5 rings (SSSR count). The van der Waals surface area contributed by atoms with Crippen molar-refractivity contribution in [2.75, 3.05) is 4.90 Å². The third kappa shape index (κ3) is 6.25. The van der Waals surface area contributed by atoms with E-state index in [1.54, 1.807) is 40.9 Å². The highest BCUT2D eigenvalue weighted by Gasteiger charge is 2.46. The molecule has 1 radical (unpaired) electrons. The zero-order valence-corrected chi connectivity index (χ0v) is 27.1. The molecule has 1 atom stereocenters. The molecule has 3 N–H and O–H groups in total. The fraction of sp³-hybridized carbons (Fsp3) is 0.406. The smallest absolute Gasteiger partial charge is 0.283 e. The van der Waals surface area contributed by atoms with Gasteiger partial charge in [0.2, 0.25) is 5.91 Å². The van der Waals surface area contributed by atoms with E-state index in [0.717, 1.165) is 48.1 Å². The maximum absolute atomic E-state index is 15.6. The molecular formula is C32H37BCl2FN6O2. The Kier molecular flexibility index (Phi) is 9.44. The van der Waals surface area contributed by atoms with Crippen LogP contribution in [0.5, 0.6) is 0 Å². The van der Waals surface area contributed by atoms with Gasteiger partial charge < -0.3 is 14.9 Å². The quantitative estimate of drug-likeness (QED) is 0.159. The van der Waals surface area contributed by atoms with E-state index >= 15 is 4.39 Å². The van der Waals surface area contributed by atoms with Gasteiger partial charge in [-0.15, -0.1) is 0 Å². The number of aryl methyl sites for hydroxylation is 1. The van der Waals surface area contributed by atoms with Gasteiger partial charge in [-0.1, -0.05) is 62.0 Å². The fourth-order valence-electron chi connectivity index (χ4n) is 6.36. The highest BCUT2D eigenvalue weighted by atomic mass is 35.5. The molecule has 44 heavy (non-hydrogen) atoms. The summed E-state index contributed by atoms with van der Waals surface area (Å²) in [6.07, 6.45) is 5.11. The first-order chi connectivity index (χ1) is 20.9. The molecule has 1 saturated carbocycles. The number of nitrogens with zero attached hydrogens (tertiary/aromatic N) is 4. The van der Waals surface area contributed by atoms with E-state index in [-0.39, 0.29) is 40.3 Å². The largest absolute Gasteiger partial charge is 0.329 e. The summed E-state index contributed by atoms with van der Waals surface area (Å²) < 4.78 is 17.3. The Hall–Kier alpha value is -3.34. The Morgan fingerprint density at radius 1 is 1.18 bits per heavy atom. The highest BCUT2D eigenvalue weighted by Crippen LogP contribution is 2.47. The first-order valence-electron chi connectivity index (χ1n) is 14.9. The Balaban J connectivity index is 1.50. The van der Waals surface area contributed by atoms with Gasteiger partial charge in [0.05, 0.1) is 22.4 Å². The molecule has 1 aliphatic heterocycles. The summed E-state index contributed by atoms with van der Waals surface area (Å²) in [5.74, 6) is 5.33. The second-order valence-electron chi connectivity index (χ2n) is 12.1. The van der Waals surface area contributed by atoms with E-state index in [1.165, 1.54) is 17.9 Å². The van der Waals surface area contributed by atoms with Crippen LogP contribution in [0.15, 0.2) is 48.3 Å². The molecule has 2 heterocycles. The van der Waals surface area contributed by atoms with Gasteiger partial charge >= 0.3 is 0 Å². The zero-order chi connectivity index (χ0) is 31.9. The van der Waals surface area contributed by atoms with Crippen LogP contribution in [-0.4, -0.2) is 40.0 Å². The molecule has 0 spiro atoms. The number of hydrogen-bond donors (Lipinski definition) is 2. The predicted molar refractivity (Wildman–Crippen MR) is 173 cm³/mol. The number of hydrogen-bond acceptors (Lipinski definition) is 5. The van der Waals surface area contributed by atoms with Gasteiger partial charge in [0, 0.05) is 35.4 Å². The summed E-state index contributed by atoms with van der Waals surface area (Å²) in [6, 6.07) is 9.73. The summed E-state index contributed by atoms with van der Waals surface area (Å²) in [5, 5.41) is 9.85. The average Bonchev–Trinajstić information content (AvgIpc) is 3.47. The van der Waals surface area contributed by atoms with E-state index in [9.17, 15) is 9.59 Å². The van der Waals surface area contributed by atoms with Crippen LogP contribution in [0.4, 0.5) is 10.1 Å². The maximum Gasteiger partial charge on any atom is 0.283 e. The van der Waals surface area contributed by atoms with Crippen LogP contribution in [0.3, 0.4) is 0 Å². The SMILES string of the molecule is CC(=O)N/C(C)=C/N(N)C1CCC([B]n2nc(C(C)C)c3c2C(=O)N(c2cccc(Cl)c2F)[C@H]3c2cc(Cl)ccc2C)CC1. The number of hydrazine groups is 1. The molecule has 1 fully saturated rings. The van der Waals surface area contributed by atoms with Crippen molar-refractivity contribution in [3.63, 3.8) is 0 Å². The molecule has 1 aromatic heterocycles. The normalized spacial score (nSPS) is 20.2. The zero-order valence-electron chi connectivity index (χ0n) is 25.6. The number of rotatable bonds is 8. The monoisotopic (exact) mass is 637 g/mol. The molecule has 231 valence electrons. The van der Waals surface area contributed by atoms with Crippen LogP contribution in [0, 0.1) is 12.7 Å². The first kappa shape index (κ1) is 32.1. The van der Waals surface area contributed by atoms with Crippen molar-refractivity contribution in [3.8, 4) is 0 Å². The molecule has 2 aliphatic rings. The lowest BCUT2D eigenvalue weighted by atomic mass is 9.66. The van der Waals surface area contributed by atoms with Crippen molar-refractivity contribution < 1.29 is 14.0 Å². The molecule has 2 aromatic carbocycles. The van der Waals surface area contributed by atoms with Crippen LogP contribution in [-0.2, 0) is 4.79 Å². The number of nitrogens with one attached hydrogen (secondary N) is 1. The average molecular weight is 638 g/mol. The van der Waals surface area contributed by atoms with E-state index < -0.39 is 11.9 Å². The van der Waals surface area contributed by atoms with E-state index in [1.807, 2.05) is 40.3 Å². The van der Waals surface area contributed by atoms with Crippen molar-refractivity contribution >= 4 is 48.1 Å². The number of allylic oxidation sites excluding steroid dienone is 1. The minimum atomic E-state index is -0.653. The molecule has 1 aliphatic carbocycles. The lowest BCUT2D eigenvalue weighted by Gasteiger charge is -2.33. The number of amides is 2. The second kappa shape index (κ2) is 13.0. The van der Waals surface area contributed by atoms with Crippen LogP contribution >= 0.6 is 23.2 Å². The molecule has 12 heteroatoms. The van der Waals surface area contributed by atoms with Gasteiger partial charge in [-0.05, 0) is 73.8 Å². The lowest BCUT2D eigenvalue weighted by molar-refractivity contribution is -0.118. The Morgan fingerprint density at radius 2 is 1.89 bits per heavy atom. The summed E-state index contributed by atoms with van der Waals surface area (Å²) in [7, 11) is 2.03. The third-order valence-electron chi connectivity index (χ3n) is 8.43. The number of nitrogens with two attached hydrogens (primary N) is 1. The van der Waals surface area contributed by atoms with Gasteiger partial charge in [0.25, 0.3) is 13.3 Å². The number of carbonyl (C=O) groups excluding carboxylic acids is 2. The number of aromatic nitrogens is 2.